The van der Waals surface area contributed by atoms with Gasteiger partial charge >= 0.3 is 0 Å². The largest absolute Gasteiger partial charge is 0.247 e. The van der Waals surface area contributed by atoms with Gasteiger partial charge in [0.2, 0.25) is 0 Å². The maximum Gasteiger partial charge on any atom is 0.160 e. The van der Waals surface area contributed by atoms with Gasteiger partial charge in [0.05, 0.1) is 67.1 Å². The first-order valence-electron chi connectivity index (χ1n) is 40.8. The highest BCUT2D eigenvalue weighted by molar-refractivity contribution is 7.99. The zero-order valence-corrected chi connectivity index (χ0v) is 66.4. The van der Waals surface area contributed by atoms with Crippen molar-refractivity contribution < 1.29 is 0 Å². The van der Waals surface area contributed by atoms with Crippen molar-refractivity contribution in [2.45, 2.75) is 30.4 Å². The van der Waals surface area contributed by atoms with E-state index in [2.05, 4.69) is 376 Å². The zero-order valence-electron chi connectivity index (χ0n) is 64.8. The van der Waals surface area contributed by atoms with Gasteiger partial charge in [-0.05, 0) is 174 Å². The number of benzene rings is 17. The molecule has 0 saturated heterocycles. The van der Waals surface area contributed by atoms with Crippen LogP contribution in [0.25, 0.3) is 167 Å². The average Bonchev–Trinajstić information content (AvgIpc) is 1.51. The fourth-order valence-electron chi connectivity index (χ4n) is 19.6. The summed E-state index contributed by atoms with van der Waals surface area (Å²) in [5, 5.41) is 7.00. The monoisotopic (exact) mass is 1560 g/mol. The Morgan fingerprint density at radius 1 is 0.167 bits per heavy atom. The summed E-state index contributed by atoms with van der Waals surface area (Å²) in [5.74, 6) is 0.698. The minimum atomic E-state index is -0.455. The fourth-order valence-corrected chi connectivity index (χ4v) is 22.0. The lowest BCUT2D eigenvalue weighted by Gasteiger charge is -2.39. The van der Waals surface area contributed by atoms with E-state index in [9.17, 15) is 0 Å². The van der Waals surface area contributed by atoms with Gasteiger partial charge in [-0.3, -0.25) is 0 Å². The summed E-state index contributed by atoms with van der Waals surface area (Å²) in [6.45, 7) is 0. The molecule has 2 aliphatic heterocycles. The molecule has 4 aromatic heterocycles. The van der Waals surface area contributed by atoms with Crippen molar-refractivity contribution in [1.29, 1.82) is 0 Å². The maximum atomic E-state index is 5.46. The van der Waals surface area contributed by atoms with Gasteiger partial charge in [0, 0.05) is 80.1 Å². The molecular weight excluding hydrogens is 1490 g/mol. The van der Waals surface area contributed by atoms with E-state index in [-0.39, 0.29) is 0 Å². The van der Waals surface area contributed by atoms with E-state index in [4.69, 9.17) is 29.9 Å². The van der Waals surface area contributed by atoms with E-state index >= 15 is 0 Å². The van der Waals surface area contributed by atoms with E-state index in [1.807, 2.05) is 59.9 Å². The van der Waals surface area contributed by atoms with Crippen molar-refractivity contribution in [2.24, 2.45) is 0 Å². The van der Waals surface area contributed by atoms with E-state index in [1.165, 1.54) is 97.1 Å². The number of nitrogens with zero attached hydrogens (tertiary/aromatic N) is 6. The van der Waals surface area contributed by atoms with Crippen LogP contribution in [-0.2, 0) is 10.8 Å². The Hall–Kier alpha value is -14.8. The second-order valence-electron chi connectivity index (χ2n) is 31.3. The molecule has 0 N–H and O–H groups in total. The number of fused-ring (bicyclic) bond motifs is 25. The molecular formula is C112H68N6S2. The maximum absolute atomic E-state index is 5.46. The van der Waals surface area contributed by atoms with Gasteiger partial charge in [-0.25, -0.2) is 29.9 Å². The quantitative estimate of drug-likeness (QED) is 0.139. The number of hydrogen-bond donors (Lipinski definition) is 0. The minimum Gasteiger partial charge on any atom is -0.247 e. The molecule has 558 valence electrons. The fraction of sp³-hybridized carbons (Fsp3) is 0.0179. The van der Waals surface area contributed by atoms with Crippen LogP contribution in [0.4, 0.5) is 0 Å². The van der Waals surface area contributed by atoms with E-state index in [1.54, 1.807) is 0 Å². The minimum absolute atomic E-state index is 0.444. The molecule has 0 fully saturated rings. The normalized spacial score (nSPS) is 13.2. The summed E-state index contributed by atoms with van der Waals surface area (Å²) in [7, 11) is 0. The van der Waals surface area contributed by atoms with E-state index in [0.29, 0.717) is 5.82 Å². The van der Waals surface area contributed by atoms with Gasteiger partial charge in [0.1, 0.15) is 0 Å². The summed E-state index contributed by atoms with van der Waals surface area (Å²) >= 11 is 3.76. The van der Waals surface area contributed by atoms with Crippen LogP contribution in [0, 0.1) is 0 Å². The topological polar surface area (TPSA) is 77.3 Å². The molecule has 0 bridgehead atoms. The third kappa shape index (κ3) is 10.9. The number of hydrogen-bond acceptors (Lipinski definition) is 8. The van der Waals surface area contributed by atoms with Crippen LogP contribution in [0.5, 0.6) is 0 Å². The molecule has 8 heteroatoms. The first kappa shape index (κ1) is 69.5. The van der Waals surface area contributed by atoms with Crippen LogP contribution >= 0.6 is 23.5 Å². The molecule has 0 amide bonds. The lowest BCUT2D eigenvalue weighted by molar-refractivity contribution is 0.723. The molecule has 2 aliphatic carbocycles. The first-order valence-corrected chi connectivity index (χ1v) is 42.4. The molecule has 6 nitrogen and oxygen atoms in total. The van der Waals surface area contributed by atoms with Crippen molar-refractivity contribution in [3.8, 4) is 112 Å². The van der Waals surface area contributed by atoms with Crippen LogP contribution in [-0.4, -0.2) is 29.9 Å². The van der Waals surface area contributed by atoms with Crippen molar-refractivity contribution >= 4 is 77.9 Å². The number of aromatic nitrogens is 6. The van der Waals surface area contributed by atoms with E-state index < -0.39 is 10.8 Å². The third-order valence-electron chi connectivity index (χ3n) is 24.8. The molecule has 25 rings (SSSR count). The first-order chi connectivity index (χ1) is 59.5. The zero-order chi connectivity index (χ0) is 79.0. The summed E-state index contributed by atoms with van der Waals surface area (Å²) in [5.41, 5.74) is 33.4. The molecule has 0 atom stereocenters. The number of pyridine rings is 2. The van der Waals surface area contributed by atoms with Gasteiger partial charge in [-0.2, -0.15) is 0 Å². The molecule has 2 spiro atoms. The molecule has 0 saturated carbocycles. The third-order valence-corrected chi connectivity index (χ3v) is 27.1. The van der Waals surface area contributed by atoms with Gasteiger partial charge < -0.3 is 0 Å². The van der Waals surface area contributed by atoms with Gasteiger partial charge in [-0.15, -0.1) is 0 Å². The molecule has 4 aliphatic rings. The van der Waals surface area contributed by atoms with Gasteiger partial charge in [0.25, 0.3) is 0 Å². The van der Waals surface area contributed by atoms with Crippen LogP contribution in [0.3, 0.4) is 0 Å². The second kappa shape index (κ2) is 28.0. The standard InChI is InChI=1S/C58H35N3S.C54H33N3S/c1-3-15-37(16-4-1)56-57(38-17-5-2-6-18-38)61-52-33-40(31-32-51(52)60-56)36-27-29-39(30-28-36)55-45-34-44-41-19-7-9-21-46(41)58(49(44)35-43(45)42-20-8-12-24-50(42)59-55)47-22-10-13-25-53(47)62-54-26-14-11-23-48(54)58;1-3-16-34(17-4-1)48-33-49(57-53(56-48)35-18-5-2-6-19-35)36-20-15-21-37(30-36)52-42-31-41-38-22-7-9-24-43(38)54(46(41)32-40(42)39-23-8-12-27-47(39)55-52)44-25-10-13-28-50(44)58-51-29-14-11-26-45(51)54/h1-35H;1-33H. The number of para-hydroxylation sites is 2. The van der Waals surface area contributed by atoms with Crippen molar-refractivity contribution in [3.05, 3.63) is 457 Å². The molecule has 0 radical (unpaired) electrons. The molecule has 6 heterocycles. The summed E-state index contributed by atoms with van der Waals surface area (Å²) in [4.78, 5) is 36.8. The molecule has 120 heavy (non-hydrogen) atoms. The van der Waals surface area contributed by atoms with Crippen LogP contribution in [0.15, 0.2) is 432 Å². The Bertz CT molecular complexity index is 7640. The Kier molecular flexibility index (Phi) is 16.2. The summed E-state index contributed by atoms with van der Waals surface area (Å²) in [6, 6.07) is 149. The average molecular weight is 1560 g/mol. The smallest absolute Gasteiger partial charge is 0.160 e. The van der Waals surface area contributed by atoms with Crippen LogP contribution in [0.2, 0.25) is 0 Å². The Morgan fingerprint density at radius 3 is 1.02 bits per heavy atom. The van der Waals surface area contributed by atoms with Gasteiger partial charge in [0.15, 0.2) is 5.82 Å². The molecule has 0 unspecified atom stereocenters. The highest BCUT2D eigenvalue weighted by Crippen LogP contribution is 2.65. The molecule has 17 aromatic carbocycles. The lowest BCUT2D eigenvalue weighted by atomic mass is 9.67. The van der Waals surface area contributed by atoms with E-state index in [0.717, 1.165) is 128 Å². The highest BCUT2D eigenvalue weighted by atomic mass is 32.2. The predicted octanol–water partition coefficient (Wildman–Crippen LogP) is 28.5. The highest BCUT2D eigenvalue weighted by Gasteiger charge is 2.52. The van der Waals surface area contributed by atoms with Crippen molar-refractivity contribution in [2.75, 3.05) is 0 Å². The van der Waals surface area contributed by atoms with Crippen molar-refractivity contribution in [1.82, 2.24) is 29.9 Å². The summed E-state index contributed by atoms with van der Waals surface area (Å²) < 4.78 is 0. The Balaban J connectivity index is 0.000000137. The SMILES string of the molecule is c1ccc(-c2cc(-c3cccc(-c4nc5ccccc5c5cc6c(cc45)-c4ccccc4C64c5ccccc5Sc5ccccc54)c3)nc(-c3ccccc3)n2)cc1.c1ccc(-c2nc3ccc(-c4ccc(-c5nc6ccccc6c6cc7c(cc56)-c5ccccc5C75c6ccccc6Sc6ccccc65)cc4)cc3nc2-c2ccccc2)cc1. The molecule has 21 aromatic rings. The van der Waals surface area contributed by atoms with Gasteiger partial charge in [-0.1, -0.05) is 351 Å². The van der Waals surface area contributed by atoms with Crippen LogP contribution < -0.4 is 0 Å². The van der Waals surface area contributed by atoms with Crippen molar-refractivity contribution in [3.63, 3.8) is 0 Å². The number of rotatable bonds is 8. The Morgan fingerprint density at radius 2 is 0.525 bits per heavy atom. The Labute approximate surface area is 702 Å². The lowest BCUT2D eigenvalue weighted by Crippen LogP contribution is -2.31. The summed E-state index contributed by atoms with van der Waals surface area (Å²) in [6.07, 6.45) is 0. The second-order valence-corrected chi connectivity index (χ2v) is 33.5. The predicted molar refractivity (Wildman–Crippen MR) is 494 cm³/mol. The van der Waals surface area contributed by atoms with Crippen LogP contribution in [0.1, 0.15) is 44.5 Å².